The van der Waals surface area contributed by atoms with Gasteiger partial charge in [0.15, 0.2) is 5.58 Å². The van der Waals surface area contributed by atoms with Gasteiger partial charge >= 0.3 is 6.09 Å². The predicted octanol–water partition coefficient (Wildman–Crippen LogP) is 6.69. The van der Waals surface area contributed by atoms with Gasteiger partial charge < -0.3 is 9.15 Å². The zero-order valence-electron chi connectivity index (χ0n) is 19.9. The molecule has 7 nitrogen and oxygen atoms in total. The van der Waals surface area contributed by atoms with E-state index in [4.69, 9.17) is 9.15 Å². The molecule has 0 unspecified atom stereocenters. The molecule has 0 spiro atoms. The maximum atomic E-state index is 13.9. The number of fused-ring (bicyclic) bond motifs is 1. The van der Waals surface area contributed by atoms with Crippen molar-refractivity contribution < 1.29 is 13.9 Å². The molecule has 1 fully saturated rings. The Labute approximate surface area is 212 Å². The van der Waals surface area contributed by atoms with Crippen molar-refractivity contribution in [3.8, 4) is 33.7 Å². The highest BCUT2D eigenvalue weighted by Crippen LogP contribution is 2.35. The number of carbonyl (C=O) groups is 1. The van der Waals surface area contributed by atoms with Gasteiger partial charge in [-0.15, -0.1) is 0 Å². The van der Waals surface area contributed by atoms with Crippen molar-refractivity contribution >= 4 is 22.7 Å². The third kappa shape index (κ3) is 4.47. The van der Waals surface area contributed by atoms with Crippen LogP contribution in [0.1, 0.15) is 19.3 Å². The van der Waals surface area contributed by atoms with E-state index in [9.17, 15) is 9.59 Å². The minimum atomic E-state index is -0.469. The fourth-order valence-corrected chi connectivity index (χ4v) is 4.39. The fourth-order valence-electron chi connectivity index (χ4n) is 4.39. The molecule has 1 saturated carbocycles. The van der Waals surface area contributed by atoms with Gasteiger partial charge in [-0.05, 0) is 55.2 Å². The average molecular weight is 490 g/mol. The first-order valence-electron chi connectivity index (χ1n) is 12.2. The smallest absolute Gasteiger partial charge is 0.411 e. The molecule has 5 aromatic rings. The van der Waals surface area contributed by atoms with Gasteiger partial charge in [-0.3, -0.25) is 20.1 Å². The third-order valence-electron chi connectivity index (χ3n) is 6.52. The van der Waals surface area contributed by atoms with Gasteiger partial charge in [0.05, 0.1) is 10.9 Å². The molecule has 0 radical (unpaired) electrons. The van der Waals surface area contributed by atoms with Crippen LogP contribution in [0, 0.1) is 0 Å². The summed E-state index contributed by atoms with van der Waals surface area (Å²) in [6.07, 6.45) is 7.42. The minimum absolute atomic E-state index is 0.000912. The summed E-state index contributed by atoms with van der Waals surface area (Å²) in [5.41, 5.74) is 4.00. The molecule has 0 atom stereocenters. The summed E-state index contributed by atoms with van der Waals surface area (Å²) in [6.45, 7) is 0. The van der Waals surface area contributed by atoms with Gasteiger partial charge in [-0.25, -0.2) is 4.79 Å². The van der Waals surface area contributed by atoms with Crippen LogP contribution >= 0.6 is 0 Å². The Morgan fingerprint density at radius 2 is 1.68 bits per heavy atom. The van der Waals surface area contributed by atoms with Gasteiger partial charge in [0.2, 0.25) is 5.43 Å². The molecule has 37 heavy (non-hydrogen) atoms. The maximum absolute atomic E-state index is 13.9. The lowest BCUT2D eigenvalue weighted by Crippen LogP contribution is -2.27. The summed E-state index contributed by atoms with van der Waals surface area (Å²) in [4.78, 5) is 34.8. The highest BCUT2D eigenvalue weighted by Gasteiger charge is 2.23. The Morgan fingerprint density at radius 1 is 0.892 bits per heavy atom. The van der Waals surface area contributed by atoms with Gasteiger partial charge in [0.1, 0.15) is 17.6 Å². The second-order valence-electron chi connectivity index (χ2n) is 8.94. The van der Waals surface area contributed by atoms with Crippen molar-refractivity contribution in [1.29, 1.82) is 0 Å². The number of pyridine rings is 2. The fraction of sp³-hybridized carbons (Fsp3) is 0.133. The van der Waals surface area contributed by atoms with Crippen molar-refractivity contribution in [1.82, 2.24) is 9.97 Å². The first-order valence-corrected chi connectivity index (χ1v) is 12.2. The molecule has 3 heterocycles. The number of carbonyl (C=O) groups excluding carboxylic acids is 1. The van der Waals surface area contributed by atoms with Crippen molar-refractivity contribution in [2.75, 3.05) is 5.32 Å². The van der Waals surface area contributed by atoms with Crippen molar-refractivity contribution in [3.63, 3.8) is 0 Å². The van der Waals surface area contributed by atoms with E-state index in [0.29, 0.717) is 39.2 Å². The van der Waals surface area contributed by atoms with Crippen LogP contribution in [-0.2, 0) is 4.74 Å². The zero-order chi connectivity index (χ0) is 25.2. The number of amides is 1. The summed E-state index contributed by atoms with van der Waals surface area (Å²) < 4.78 is 11.8. The van der Waals surface area contributed by atoms with Crippen LogP contribution in [0.4, 0.5) is 10.5 Å². The zero-order valence-corrected chi connectivity index (χ0v) is 19.9. The molecular weight excluding hydrogens is 466 g/mol. The number of nitrogens with one attached hydrogen (secondary N) is 1. The number of aromatic nitrogens is 2. The molecule has 3 aromatic heterocycles. The van der Waals surface area contributed by atoms with Crippen LogP contribution < -0.4 is 10.7 Å². The average Bonchev–Trinajstić information content (AvgIpc) is 2.92. The SMILES string of the molecule is O=C(Nc1ccc(-c2c(-c3ccccc3)oc3c(-c4cccnc4)nccc3c2=O)cc1)OC1CCC1. The largest absolute Gasteiger partial charge is 0.453 e. The summed E-state index contributed by atoms with van der Waals surface area (Å²) in [5, 5.41) is 3.18. The molecule has 1 N–H and O–H groups in total. The Kier molecular flexibility index (Phi) is 5.94. The molecule has 0 bridgehead atoms. The summed E-state index contributed by atoms with van der Waals surface area (Å²) in [6, 6.07) is 22.0. The van der Waals surface area contributed by atoms with E-state index in [2.05, 4.69) is 15.3 Å². The molecular formula is C30H23N3O4. The van der Waals surface area contributed by atoms with Crippen LogP contribution in [0.3, 0.4) is 0 Å². The second-order valence-corrected chi connectivity index (χ2v) is 8.94. The molecule has 6 rings (SSSR count). The Balaban J connectivity index is 1.46. The van der Waals surface area contributed by atoms with Gasteiger partial charge in [-0.1, -0.05) is 42.5 Å². The Bertz CT molecular complexity index is 1630. The van der Waals surface area contributed by atoms with Crippen molar-refractivity contribution in [2.24, 2.45) is 0 Å². The van der Waals surface area contributed by atoms with Crippen LogP contribution in [0.15, 0.2) is 101 Å². The topological polar surface area (TPSA) is 94.3 Å². The van der Waals surface area contributed by atoms with Crippen molar-refractivity contribution in [2.45, 2.75) is 25.4 Å². The minimum Gasteiger partial charge on any atom is -0.453 e. The van der Waals surface area contributed by atoms with Crippen LogP contribution in [0.5, 0.6) is 0 Å². The van der Waals surface area contributed by atoms with E-state index in [1.807, 2.05) is 42.5 Å². The number of hydrogen-bond acceptors (Lipinski definition) is 6. The standard InChI is InChI=1S/C30H23N3O4/c34-27-24-15-17-32-26(21-8-5-16-31-18-21)29(24)37-28(20-6-2-1-3-7-20)25(27)19-11-13-22(14-12-19)33-30(35)36-23-9-4-10-23/h1-3,5-8,11-18,23H,4,9-10H2,(H,33,35). The number of hydrogen-bond donors (Lipinski definition) is 1. The normalized spacial score (nSPS) is 13.2. The molecule has 0 saturated heterocycles. The maximum Gasteiger partial charge on any atom is 0.411 e. The molecule has 1 aliphatic rings. The van der Waals surface area contributed by atoms with E-state index in [-0.39, 0.29) is 11.5 Å². The quantitative estimate of drug-likeness (QED) is 0.296. The Morgan fingerprint density at radius 3 is 2.38 bits per heavy atom. The van der Waals surface area contributed by atoms with Crippen LogP contribution in [-0.4, -0.2) is 22.2 Å². The molecule has 182 valence electrons. The van der Waals surface area contributed by atoms with E-state index in [0.717, 1.165) is 30.4 Å². The van der Waals surface area contributed by atoms with Crippen molar-refractivity contribution in [3.05, 3.63) is 102 Å². The lowest BCUT2D eigenvalue weighted by molar-refractivity contribution is 0.0624. The molecule has 1 aliphatic carbocycles. The summed E-state index contributed by atoms with van der Waals surface area (Å²) in [7, 11) is 0. The van der Waals surface area contributed by atoms with Gasteiger partial charge in [0, 0.05) is 35.4 Å². The summed E-state index contributed by atoms with van der Waals surface area (Å²) >= 11 is 0. The Hall–Kier alpha value is -4.78. The number of nitrogens with zero attached hydrogens (tertiary/aromatic N) is 2. The van der Waals surface area contributed by atoms with Crippen LogP contribution in [0.2, 0.25) is 0 Å². The first kappa shape index (κ1) is 22.7. The molecule has 0 aliphatic heterocycles. The molecule has 1 amide bonds. The lowest BCUT2D eigenvalue weighted by atomic mass is 9.96. The highest BCUT2D eigenvalue weighted by atomic mass is 16.6. The highest BCUT2D eigenvalue weighted by molar-refractivity contribution is 5.95. The van der Waals surface area contributed by atoms with Gasteiger partial charge in [-0.2, -0.15) is 0 Å². The lowest BCUT2D eigenvalue weighted by Gasteiger charge is -2.25. The number of benzene rings is 2. The number of anilines is 1. The molecule has 7 heteroatoms. The van der Waals surface area contributed by atoms with E-state index < -0.39 is 6.09 Å². The number of rotatable bonds is 5. The molecule has 2 aromatic carbocycles. The monoisotopic (exact) mass is 489 g/mol. The first-order chi connectivity index (χ1) is 18.2. The van der Waals surface area contributed by atoms with E-state index in [1.165, 1.54) is 0 Å². The predicted molar refractivity (Wildman–Crippen MR) is 142 cm³/mol. The van der Waals surface area contributed by atoms with Crippen LogP contribution in [0.25, 0.3) is 44.7 Å². The summed E-state index contributed by atoms with van der Waals surface area (Å²) in [5.74, 6) is 0.446. The third-order valence-corrected chi connectivity index (χ3v) is 6.52. The second kappa shape index (κ2) is 9.70. The van der Waals surface area contributed by atoms with E-state index in [1.54, 1.807) is 48.9 Å². The van der Waals surface area contributed by atoms with Gasteiger partial charge in [0.25, 0.3) is 0 Å². The van der Waals surface area contributed by atoms with E-state index >= 15 is 0 Å². The number of ether oxygens (including phenoxy) is 1.